The summed E-state index contributed by atoms with van der Waals surface area (Å²) in [6, 6.07) is 0. The molecule has 0 N–H and O–H groups in total. The number of hydrogen-bond acceptors (Lipinski definition) is 6. The Labute approximate surface area is 380 Å². The van der Waals surface area contributed by atoms with Crippen molar-refractivity contribution in [3.05, 3.63) is 0 Å². The van der Waals surface area contributed by atoms with E-state index in [0.29, 0.717) is 19.3 Å². The molecule has 6 heteroatoms. The Morgan fingerprint density at radius 1 is 0.311 bits per heavy atom. The number of esters is 3. The monoisotopic (exact) mass is 863 g/mol. The summed E-state index contributed by atoms with van der Waals surface area (Å²) >= 11 is 0. The highest BCUT2D eigenvalue weighted by Crippen LogP contribution is 2.17. The van der Waals surface area contributed by atoms with E-state index in [4.69, 9.17) is 14.2 Å². The molecule has 0 heterocycles. The molecule has 0 unspecified atom stereocenters. The number of carbonyl (C=O) groups excluding carboxylic acids is 3. The molecule has 0 aromatic rings. The van der Waals surface area contributed by atoms with Gasteiger partial charge in [0.25, 0.3) is 0 Å². The van der Waals surface area contributed by atoms with Gasteiger partial charge >= 0.3 is 17.9 Å². The van der Waals surface area contributed by atoms with Gasteiger partial charge < -0.3 is 14.2 Å². The molecule has 6 nitrogen and oxygen atoms in total. The van der Waals surface area contributed by atoms with E-state index in [-0.39, 0.29) is 31.1 Å². The van der Waals surface area contributed by atoms with Crippen LogP contribution in [0.2, 0.25) is 0 Å². The average molecular weight is 863 g/mol. The SMILES string of the molecule is CCCCCCCCCCCCCCCCCC(=O)OC[C@@H](COC(=O)CCCCCCCCCCCCCCCC)OC(=O)CCCCCCCCCCCCCC(C)C. The first kappa shape index (κ1) is 59.4. The van der Waals surface area contributed by atoms with Crippen LogP contribution in [0.5, 0.6) is 0 Å². The minimum Gasteiger partial charge on any atom is -0.462 e. The van der Waals surface area contributed by atoms with Crippen LogP contribution in [0.4, 0.5) is 0 Å². The Balaban J connectivity index is 4.31. The maximum atomic E-state index is 12.8. The lowest BCUT2D eigenvalue weighted by atomic mass is 10.0. The second kappa shape index (κ2) is 49.4. The molecule has 1 atom stereocenters. The van der Waals surface area contributed by atoms with Crippen LogP contribution in [0.25, 0.3) is 0 Å². The highest BCUT2D eigenvalue weighted by atomic mass is 16.6. The molecular weight excluding hydrogens is 757 g/mol. The van der Waals surface area contributed by atoms with Crippen LogP contribution in [0, 0.1) is 5.92 Å². The van der Waals surface area contributed by atoms with Crippen molar-refractivity contribution < 1.29 is 28.6 Å². The number of carbonyl (C=O) groups is 3. The van der Waals surface area contributed by atoms with Crippen LogP contribution in [0.3, 0.4) is 0 Å². The number of unbranched alkanes of at least 4 members (excludes halogenated alkanes) is 37. The summed E-state index contributed by atoms with van der Waals surface area (Å²) in [6.45, 7) is 9.04. The Kier molecular flexibility index (Phi) is 48.1. The lowest BCUT2D eigenvalue weighted by Gasteiger charge is -2.18. The van der Waals surface area contributed by atoms with Gasteiger partial charge in [0, 0.05) is 19.3 Å². The van der Waals surface area contributed by atoms with Crippen LogP contribution >= 0.6 is 0 Å². The molecular formula is C55H106O6. The lowest BCUT2D eigenvalue weighted by Crippen LogP contribution is -2.30. The maximum Gasteiger partial charge on any atom is 0.306 e. The largest absolute Gasteiger partial charge is 0.462 e. The highest BCUT2D eigenvalue weighted by molar-refractivity contribution is 5.71. The molecule has 362 valence electrons. The highest BCUT2D eigenvalue weighted by Gasteiger charge is 2.19. The summed E-state index contributed by atoms with van der Waals surface area (Å²) < 4.78 is 16.9. The van der Waals surface area contributed by atoms with Crippen molar-refractivity contribution in [1.29, 1.82) is 0 Å². The first-order valence-electron chi connectivity index (χ1n) is 27.4. The molecule has 0 aliphatic carbocycles. The predicted octanol–water partition coefficient (Wildman–Crippen LogP) is 17.8. The van der Waals surface area contributed by atoms with E-state index in [2.05, 4.69) is 27.7 Å². The topological polar surface area (TPSA) is 78.9 Å². The Bertz CT molecular complexity index is 918. The molecule has 0 saturated carbocycles. The Morgan fingerprint density at radius 3 is 0.803 bits per heavy atom. The van der Waals surface area contributed by atoms with E-state index < -0.39 is 6.10 Å². The Morgan fingerprint density at radius 2 is 0.541 bits per heavy atom. The van der Waals surface area contributed by atoms with E-state index in [1.165, 1.54) is 205 Å². The van der Waals surface area contributed by atoms with E-state index in [0.717, 1.165) is 63.7 Å². The molecule has 0 radical (unpaired) electrons. The zero-order valence-electron chi connectivity index (χ0n) is 41.6. The second-order valence-corrected chi connectivity index (χ2v) is 19.3. The first-order valence-corrected chi connectivity index (χ1v) is 27.4. The summed E-state index contributed by atoms with van der Waals surface area (Å²) in [4.78, 5) is 38.0. The van der Waals surface area contributed by atoms with Gasteiger partial charge in [-0.1, -0.05) is 272 Å². The summed E-state index contributed by atoms with van der Waals surface area (Å²) in [6.07, 6.45) is 52.3. The number of ether oxygens (including phenoxy) is 3. The van der Waals surface area contributed by atoms with Gasteiger partial charge in [-0.25, -0.2) is 0 Å². The molecule has 0 aromatic carbocycles. The van der Waals surface area contributed by atoms with Crippen LogP contribution in [-0.4, -0.2) is 37.2 Å². The van der Waals surface area contributed by atoms with E-state index >= 15 is 0 Å². The van der Waals surface area contributed by atoms with Gasteiger partial charge in [0.1, 0.15) is 13.2 Å². The minimum atomic E-state index is -0.761. The number of hydrogen-bond donors (Lipinski definition) is 0. The lowest BCUT2D eigenvalue weighted by molar-refractivity contribution is -0.167. The molecule has 0 spiro atoms. The van der Waals surface area contributed by atoms with Crippen molar-refractivity contribution in [3.8, 4) is 0 Å². The van der Waals surface area contributed by atoms with Gasteiger partial charge in [-0.3, -0.25) is 14.4 Å². The molecule has 0 saturated heterocycles. The summed E-state index contributed by atoms with van der Waals surface area (Å²) in [5, 5.41) is 0. The molecule has 0 aliphatic rings. The van der Waals surface area contributed by atoms with Crippen molar-refractivity contribution >= 4 is 17.9 Å². The van der Waals surface area contributed by atoms with Gasteiger partial charge in [0.05, 0.1) is 0 Å². The standard InChI is InChI=1S/C55H106O6/c1-5-7-9-11-13-15-17-19-21-23-27-31-35-39-43-47-54(57)60-50-52(61-55(58)48-44-40-36-32-28-24-25-29-33-37-41-45-51(3)4)49-59-53(56)46-42-38-34-30-26-22-20-18-16-14-12-10-8-6-2/h51-52H,5-50H2,1-4H3/t52-/m1/s1. The van der Waals surface area contributed by atoms with Gasteiger partial charge in [-0.05, 0) is 25.2 Å². The molecule has 0 aliphatic heterocycles. The molecule has 0 bridgehead atoms. The van der Waals surface area contributed by atoms with Crippen LogP contribution < -0.4 is 0 Å². The van der Waals surface area contributed by atoms with Gasteiger partial charge in [-0.15, -0.1) is 0 Å². The van der Waals surface area contributed by atoms with E-state index in [9.17, 15) is 14.4 Å². The fourth-order valence-electron chi connectivity index (χ4n) is 8.39. The van der Waals surface area contributed by atoms with Crippen molar-refractivity contribution in [3.63, 3.8) is 0 Å². The maximum absolute atomic E-state index is 12.8. The second-order valence-electron chi connectivity index (χ2n) is 19.3. The summed E-state index contributed by atoms with van der Waals surface area (Å²) in [7, 11) is 0. The van der Waals surface area contributed by atoms with E-state index in [1.54, 1.807) is 0 Å². The molecule has 0 rings (SSSR count). The normalized spacial score (nSPS) is 12.0. The fraction of sp³-hybridized carbons (Fsp3) is 0.945. The summed E-state index contributed by atoms with van der Waals surface area (Å²) in [5.41, 5.74) is 0. The summed E-state index contributed by atoms with van der Waals surface area (Å²) in [5.74, 6) is -0.0146. The van der Waals surface area contributed by atoms with Crippen LogP contribution in [0.15, 0.2) is 0 Å². The molecule has 0 aromatic heterocycles. The van der Waals surface area contributed by atoms with Crippen molar-refractivity contribution in [2.24, 2.45) is 5.92 Å². The molecule has 61 heavy (non-hydrogen) atoms. The first-order chi connectivity index (χ1) is 29.9. The van der Waals surface area contributed by atoms with E-state index in [1.807, 2.05) is 0 Å². The van der Waals surface area contributed by atoms with Gasteiger partial charge in [0.15, 0.2) is 6.10 Å². The smallest absolute Gasteiger partial charge is 0.306 e. The quantitative estimate of drug-likeness (QED) is 0.0344. The minimum absolute atomic E-state index is 0.0623. The third kappa shape index (κ3) is 49.3. The zero-order chi connectivity index (χ0) is 44.5. The zero-order valence-corrected chi connectivity index (χ0v) is 41.6. The van der Waals surface area contributed by atoms with Gasteiger partial charge in [0.2, 0.25) is 0 Å². The molecule has 0 amide bonds. The molecule has 0 fully saturated rings. The predicted molar refractivity (Wildman–Crippen MR) is 261 cm³/mol. The van der Waals surface area contributed by atoms with Crippen LogP contribution in [-0.2, 0) is 28.6 Å². The van der Waals surface area contributed by atoms with Crippen molar-refractivity contribution in [2.75, 3.05) is 13.2 Å². The average Bonchev–Trinajstić information content (AvgIpc) is 3.24. The van der Waals surface area contributed by atoms with Crippen molar-refractivity contribution in [1.82, 2.24) is 0 Å². The Hall–Kier alpha value is -1.59. The third-order valence-corrected chi connectivity index (χ3v) is 12.5. The third-order valence-electron chi connectivity index (χ3n) is 12.5. The van der Waals surface area contributed by atoms with Crippen LogP contribution in [0.1, 0.15) is 310 Å². The fourth-order valence-corrected chi connectivity index (χ4v) is 8.39. The van der Waals surface area contributed by atoms with Crippen molar-refractivity contribution in [2.45, 2.75) is 316 Å². The van der Waals surface area contributed by atoms with Gasteiger partial charge in [-0.2, -0.15) is 0 Å². The number of rotatable bonds is 50.